The molecule has 2 atom stereocenters. The summed E-state index contributed by atoms with van der Waals surface area (Å²) in [7, 11) is 0. The van der Waals surface area contributed by atoms with E-state index >= 15 is 0 Å². The number of benzene rings is 1. The van der Waals surface area contributed by atoms with E-state index in [1.54, 1.807) is 19.1 Å². The highest BCUT2D eigenvalue weighted by Crippen LogP contribution is 2.14. The number of carboxylic acid groups (broad SMARTS) is 1. The second kappa shape index (κ2) is 4.21. The second-order valence-electron chi connectivity index (χ2n) is 3.19. The third-order valence-electron chi connectivity index (χ3n) is 2.06. The first-order chi connectivity index (χ1) is 6.52. The zero-order valence-electron chi connectivity index (χ0n) is 7.84. The van der Waals surface area contributed by atoms with E-state index in [1.807, 2.05) is 0 Å². The average Bonchev–Trinajstić information content (AvgIpc) is 2.16. The van der Waals surface area contributed by atoms with Crippen LogP contribution in [0.5, 0.6) is 0 Å². The summed E-state index contributed by atoms with van der Waals surface area (Å²) in [4.78, 5) is 10.5. The van der Waals surface area contributed by atoms with Crippen molar-refractivity contribution in [3.8, 4) is 0 Å². The lowest BCUT2D eigenvalue weighted by molar-refractivity contribution is 0.0697. The molecule has 0 saturated carbocycles. The number of aliphatic hydroxyl groups excluding tert-OH is 1. The number of carbonyl (C=O) groups is 1. The molecule has 0 aliphatic carbocycles. The zero-order valence-corrected chi connectivity index (χ0v) is 7.84. The van der Waals surface area contributed by atoms with Crippen molar-refractivity contribution in [2.24, 2.45) is 5.73 Å². The van der Waals surface area contributed by atoms with E-state index in [0.29, 0.717) is 0 Å². The lowest BCUT2D eigenvalue weighted by Gasteiger charge is -2.14. The molecule has 0 aliphatic heterocycles. The molecule has 0 saturated heterocycles. The van der Waals surface area contributed by atoms with E-state index in [9.17, 15) is 9.90 Å². The maximum Gasteiger partial charge on any atom is 0.335 e. The molecule has 0 bridgehead atoms. The maximum atomic E-state index is 10.5. The summed E-state index contributed by atoms with van der Waals surface area (Å²) >= 11 is 0. The van der Waals surface area contributed by atoms with Gasteiger partial charge in [-0.1, -0.05) is 12.1 Å². The number of hydrogen-bond acceptors (Lipinski definition) is 3. The predicted octanol–water partition coefficient (Wildman–Crippen LogP) is 0.765. The highest BCUT2D eigenvalue weighted by molar-refractivity contribution is 5.87. The SMILES string of the molecule is C[C@H](O)[C@H](N)c1ccc(C(=O)O)cc1. The molecule has 0 aromatic heterocycles. The van der Waals surface area contributed by atoms with Crippen LogP contribution in [-0.2, 0) is 0 Å². The normalized spacial score (nSPS) is 14.8. The molecule has 0 fully saturated rings. The number of carboxylic acids is 1. The van der Waals surface area contributed by atoms with Crippen LogP contribution in [0.2, 0.25) is 0 Å². The number of nitrogens with two attached hydrogens (primary N) is 1. The molecule has 4 nitrogen and oxygen atoms in total. The smallest absolute Gasteiger partial charge is 0.335 e. The first-order valence-electron chi connectivity index (χ1n) is 4.29. The van der Waals surface area contributed by atoms with Gasteiger partial charge in [-0.3, -0.25) is 0 Å². The van der Waals surface area contributed by atoms with Crippen molar-refractivity contribution in [3.05, 3.63) is 35.4 Å². The summed E-state index contributed by atoms with van der Waals surface area (Å²) in [6.45, 7) is 1.59. The van der Waals surface area contributed by atoms with E-state index < -0.39 is 18.1 Å². The van der Waals surface area contributed by atoms with Gasteiger partial charge in [-0.05, 0) is 24.6 Å². The summed E-state index contributed by atoms with van der Waals surface area (Å²) in [5, 5.41) is 17.9. The van der Waals surface area contributed by atoms with Crippen molar-refractivity contribution in [2.75, 3.05) is 0 Å². The fourth-order valence-electron chi connectivity index (χ4n) is 1.13. The number of aliphatic hydroxyl groups is 1. The first-order valence-corrected chi connectivity index (χ1v) is 4.29. The molecule has 0 unspecified atom stereocenters. The summed E-state index contributed by atoms with van der Waals surface area (Å²) in [5.41, 5.74) is 6.61. The number of hydrogen-bond donors (Lipinski definition) is 3. The summed E-state index contributed by atoms with van der Waals surface area (Å²) in [6.07, 6.45) is -0.648. The Kier molecular flexibility index (Phi) is 3.22. The second-order valence-corrected chi connectivity index (χ2v) is 3.19. The quantitative estimate of drug-likeness (QED) is 0.665. The Bertz CT molecular complexity index is 319. The molecule has 0 aliphatic rings. The molecule has 1 rings (SSSR count). The highest BCUT2D eigenvalue weighted by atomic mass is 16.4. The number of rotatable bonds is 3. The molecule has 76 valence electrons. The molecule has 0 spiro atoms. The Labute approximate surface area is 82.0 Å². The van der Waals surface area contributed by atoms with Gasteiger partial charge in [0.2, 0.25) is 0 Å². The molecule has 0 heterocycles. The third-order valence-corrected chi connectivity index (χ3v) is 2.06. The van der Waals surface area contributed by atoms with Crippen molar-refractivity contribution in [1.29, 1.82) is 0 Å². The van der Waals surface area contributed by atoms with Gasteiger partial charge in [-0.2, -0.15) is 0 Å². The molecule has 14 heavy (non-hydrogen) atoms. The van der Waals surface area contributed by atoms with Crippen LogP contribution in [0, 0.1) is 0 Å². The Morgan fingerprint density at radius 2 is 1.86 bits per heavy atom. The van der Waals surface area contributed by atoms with Gasteiger partial charge in [0, 0.05) is 0 Å². The van der Waals surface area contributed by atoms with Crippen LogP contribution in [0.1, 0.15) is 28.9 Å². The standard InChI is InChI=1S/C10H13NO3/c1-6(12)9(11)7-2-4-8(5-3-7)10(13)14/h2-6,9,12H,11H2,1H3,(H,13,14)/t6-,9-/m0/s1. The van der Waals surface area contributed by atoms with Crippen LogP contribution >= 0.6 is 0 Å². The predicted molar refractivity (Wildman–Crippen MR) is 52.0 cm³/mol. The van der Waals surface area contributed by atoms with Gasteiger partial charge in [-0.25, -0.2) is 4.79 Å². The monoisotopic (exact) mass is 195 g/mol. The summed E-state index contributed by atoms with van der Waals surface area (Å²) in [5.74, 6) is -0.970. The van der Waals surface area contributed by atoms with Crippen LogP contribution in [-0.4, -0.2) is 22.3 Å². The number of aromatic carboxylic acids is 1. The average molecular weight is 195 g/mol. The Morgan fingerprint density at radius 1 is 1.36 bits per heavy atom. The van der Waals surface area contributed by atoms with Crippen LogP contribution in [0.4, 0.5) is 0 Å². The highest BCUT2D eigenvalue weighted by Gasteiger charge is 2.12. The van der Waals surface area contributed by atoms with Gasteiger partial charge in [0.15, 0.2) is 0 Å². The molecule has 4 N–H and O–H groups in total. The van der Waals surface area contributed by atoms with Crippen molar-refractivity contribution < 1.29 is 15.0 Å². The molecule has 0 radical (unpaired) electrons. The molecular weight excluding hydrogens is 182 g/mol. The fraction of sp³-hybridized carbons (Fsp3) is 0.300. The largest absolute Gasteiger partial charge is 0.478 e. The minimum absolute atomic E-state index is 0.214. The zero-order chi connectivity index (χ0) is 10.7. The fourth-order valence-corrected chi connectivity index (χ4v) is 1.13. The van der Waals surface area contributed by atoms with Gasteiger partial charge in [0.05, 0.1) is 17.7 Å². The third kappa shape index (κ3) is 2.31. The molecule has 0 amide bonds. The molecule has 1 aromatic carbocycles. The van der Waals surface area contributed by atoms with E-state index in [1.165, 1.54) is 12.1 Å². The van der Waals surface area contributed by atoms with Crippen LogP contribution in [0.15, 0.2) is 24.3 Å². The Morgan fingerprint density at radius 3 is 2.21 bits per heavy atom. The Hall–Kier alpha value is -1.39. The van der Waals surface area contributed by atoms with Gasteiger partial charge in [0.25, 0.3) is 0 Å². The van der Waals surface area contributed by atoms with Crippen molar-refractivity contribution in [1.82, 2.24) is 0 Å². The van der Waals surface area contributed by atoms with Gasteiger partial charge in [-0.15, -0.1) is 0 Å². The van der Waals surface area contributed by atoms with Crippen LogP contribution in [0.25, 0.3) is 0 Å². The van der Waals surface area contributed by atoms with Crippen LogP contribution < -0.4 is 5.73 Å². The van der Waals surface area contributed by atoms with E-state index in [-0.39, 0.29) is 5.56 Å². The summed E-state index contributed by atoms with van der Waals surface area (Å²) < 4.78 is 0. The van der Waals surface area contributed by atoms with E-state index in [4.69, 9.17) is 10.8 Å². The van der Waals surface area contributed by atoms with Crippen molar-refractivity contribution in [2.45, 2.75) is 19.1 Å². The first kappa shape index (κ1) is 10.7. The van der Waals surface area contributed by atoms with Gasteiger partial charge >= 0.3 is 5.97 Å². The molecular formula is C10H13NO3. The van der Waals surface area contributed by atoms with E-state index in [2.05, 4.69) is 0 Å². The maximum absolute atomic E-state index is 10.5. The summed E-state index contributed by atoms with van der Waals surface area (Å²) in [6, 6.07) is 5.69. The van der Waals surface area contributed by atoms with Gasteiger partial charge < -0.3 is 15.9 Å². The minimum Gasteiger partial charge on any atom is -0.478 e. The van der Waals surface area contributed by atoms with Gasteiger partial charge in [0.1, 0.15) is 0 Å². The lowest BCUT2D eigenvalue weighted by Crippen LogP contribution is -2.23. The molecule has 4 heteroatoms. The topological polar surface area (TPSA) is 83.5 Å². The van der Waals surface area contributed by atoms with Crippen molar-refractivity contribution in [3.63, 3.8) is 0 Å². The minimum atomic E-state index is -0.970. The van der Waals surface area contributed by atoms with E-state index in [0.717, 1.165) is 5.56 Å². The van der Waals surface area contributed by atoms with Crippen molar-refractivity contribution >= 4 is 5.97 Å². The molecule has 1 aromatic rings. The van der Waals surface area contributed by atoms with Crippen LogP contribution in [0.3, 0.4) is 0 Å². The Balaban J connectivity index is 2.88. The lowest BCUT2D eigenvalue weighted by atomic mass is 10.0.